The van der Waals surface area contributed by atoms with Crippen LogP contribution in [0.25, 0.3) is 33.7 Å². The van der Waals surface area contributed by atoms with Crippen LogP contribution in [0.2, 0.25) is 0 Å². The van der Waals surface area contributed by atoms with Crippen molar-refractivity contribution in [3.63, 3.8) is 0 Å². The van der Waals surface area contributed by atoms with Crippen molar-refractivity contribution < 1.29 is 13.2 Å². The quantitative estimate of drug-likeness (QED) is 0.374. The van der Waals surface area contributed by atoms with Crippen LogP contribution in [-0.2, 0) is 10.0 Å². The molecule has 0 bridgehead atoms. The Hall–Kier alpha value is -3.39. The molecule has 0 saturated heterocycles. The smallest absolute Gasteiger partial charge is 0.235 e. The van der Waals surface area contributed by atoms with Crippen LogP contribution in [0.3, 0.4) is 0 Å². The van der Waals surface area contributed by atoms with E-state index in [0.29, 0.717) is 22.6 Å². The molecule has 7 nitrogen and oxygen atoms in total. The number of aromatic amines is 2. The molecule has 2 aromatic heterocycles. The minimum Gasteiger partial charge on any atom is -0.355 e. The van der Waals surface area contributed by atoms with Crippen LogP contribution in [0.1, 0.15) is 36.8 Å². The van der Waals surface area contributed by atoms with Gasteiger partial charge in [0.1, 0.15) is 0 Å². The fraction of sp³-hybridized carbons (Fsp3) is 0.217. The minimum absolute atomic E-state index is 0.0275. The molecule has 4 rings (SSSR count). The van der Waals surface area contributed by atoms with E-state index in [1.165, 1.54) is 0 Å². The molecule has 2 heterocycles. The molecule has 0 amide bonds. The van der Waals surface area contributed by atoms with Gasteiger partial charge < -0.3 is 9.97 Å². The van der Waals surface area contributed by atoms with E-state index >= 15 is 0 Å². The number of aromatic nitrogens is 3. The Balaban J connectivity index is 1.84. The lowest BCUT2D eigenvalue weighted by Crippen LogP contribution is -2.22. The summed E-state index contributed by atoms with van der Waals surface area (Å²) in [6.07, 6.45) is 0. The Morgan fingerprint density at radius 3 is 2.42 bits per heavy atom. The summed E-state index contributed by atoms with van der Waals surface area (Å²) < 4.78 is 27.0. The van der Waals surface area contributed by atoms with Gasteiger partial charge in [0, 0.05) is 16.8 Å². The van der Waals surface area contributed by atoms with Gasteiger partial charge in [-0.2, -0.15) is 0 Å². The number of hydrogen-bond donors (Lipinski definition) is 3. The first-order chi connectivity index (χ1) is 14.7. The molecule has 0 spiro atoms. The first-order valence-electron chi connectivity index (χ1n) is 9.98. The van der Waals surface area contributed by atoms with E-state index in [4.69, 9.17) is 0 Å². The molecule has 2 aromatic carbocycles. The van der Waals surface area contributed by atoms with E-state index in [-0.39, 0.29) is 5.78 Å². The number of anilines is 1. The number of nitrogens with zero attached hydrogens (tertiary/aromatic N) is 1. The van der Waals surface area contributed by atoms with Gasteiger partial charge in [-0.3, -0.25) is 9.52 Å². The van der Waals surface area contributed by atoms with Crippen molar-refractivity contribution >= 4 is 32.5 Å². The number of sulfonamides is 1. The van der Waals surface area contributed by atoms with Crippen LogP contribution in [0.4, 0.5) is 5.69 Å². The van der Waals surface area contributed by atoms with Gasteiger partial charge in [0.2, 0.25) is 10.0 Å². The summed E-state index contributed by atoms with van der Waals surface area (Å²) >= 11 is 0. The van der Waals surface area contributed by atoms with E-state index in [9.17, 15) is 13.2 Å². The van der Waals surface area contributed by atoms with E-state index in [2.05, 4.69) is 19.7 Å². The molecule has 0 aliphatic rings. The second kappa shape index (κ2) is 7.70. The molecule has 0 aliphatic carbocycles. The van der Waals surface area contributed by atoms with E-state index in [0.717, 1.165) is 28.0 Å². The minimum atomic E-state index is -3.45. The zero-order chi connectivity index (χ0) is 22.3. The van der Waals surface area contributed by atoms with Gasteiger partial charge in [0.15, 0.2) is 11.6 Å². The number of carbonyl (C=O) groups excluding carboxylic acids is 1. The average molecular weight is 437 g/mol. The Labute approximate surface area is 181 Å². The summed E-state index contributed by atoms with van der Waals surface area (Å²) in [6.45, 7) is 6.67. The van der Waals surface area contributed by atoms with Crippen molar-refractivity contribution in [3.8, 4) is 22.6 Å². The SMILES string of the molecule is CC(=O)c1c(C)[nH]c(-c2nc3cc(NS(=O)(=O)C(C)C)ccc3[nH]2)c1-c1ccccc1. The maximum atomic E-state index is 12.4. The number of aryl methyl sites for hydroxylation is 1. The van der Waals surface area contributed by atoms with Crippen molar-refractivity contribution in [2.45, 2.75) is 32.9 Å². The van der Waals surface area contributed by atoms with Crippen LogP contribution in [0, 0.1) is 6.92 Å². The highest BCUT2D eigenvalue weighted by molar-refractivity contribution is 7.93. The highest BCUT2D eigenvalue weighted by Crippen LogP contribution is 2.36. The second-order valence-corrected chi connectivity index (χ2v) is 10.0. The molecule has 0 aliphatic heterocycles. The highest BCUT2D eigenvalue weighted by atomic mass is 32.2. The maximum absolute atomic E-state index is 12.4. The number of imidazole rings is 1. The number of nitrogens with one attached hydrogen (secondary N) is 3. The predicted octanol–water partition coefficient (Wildman–Crippen LogP) is 4.89. The number of fused-ring (bicyclic) bond motifs is 1. The summed E-state index contributed by atoms with van der Waals surface area (Å²) in [5.41, 5.74) is 5.67. The number of carbonyl (C=O) groups is 1. The first-order valence-corrected chi connectivity index (χ1v) is 11.5. The summed E-state index contributed by atoms with van der Waals surface area (Å²) in [4.78, 5) is 23.7. The molecule has 3 N–H and O–H groups in total. The Morgan fingerprint density at radius 2 is 1.77 bits per heavy atom. The average Bonchev–Trinajstić information content (AvgIpc) is 3.28. The third kappa shape index (κ3) is 3.86. The molecule has 0 fully saturated rings. The zero-order valence-electron chi connectivity index (χ0n) is 17.8. The summed E-state index contributed by atoms with van der Waals surface area (Å²) in [5.74, 6) is 0.550. The Morgan fingerprint density at radius 1 is 1.06 bits per heavy atom. The summed E-state index contributed by atoms with van der Waals surface area (Å²) in [7, 11) is -3.45. The molecule has 31 heavy (non-hydrogen) atoms. The van der Waals surface area contributed by atoms with Crippen molar-refractivity contribution in [3.05, 3.63) is 59.8 Å². The topological polar surface area (TPSA) is 108 Å². The number of H-pyrrole nitrogens is 2. The van der Waals surface area contributed by atoms with Crippen LogP contribution >= 0.6 is 0 Å². The van der Waals surface area contributed by atoms with Crippen molar-refractivity contribution in [2.75, 3.05) is 4.72 Å². The Kier molecular flexibility index (Phi) is 5.18. The summed E-state index contributed by atoms with van der Waals surface area (Å²) in [6, 6.07) is 14.9. The van der Waals surface area contributed by atoms with Crippen molar-refractivity contribution in [2.24, 2.45) is 0 Å². The molecule has 0 unspecified atom stereocenters. The zero-order valence-corrected chi connectivity index (χ0v) is 18.6. The van der Waals surface area contributed by atoms with Crippen LogP contribution in [0.15, 0.2) is 48.5 Å². The van der Waals surface area contributed by atoms with Gasteiger partial charge >= 0.3 is 0 Å². The number of Topliss-reactive ketones (excluding diaryl/α,β-unsaturated/α-hetero) is 1. The largest absolute Gasteiger partial charge is 0.355 e. The van der Waals surface area contributed by atoms with E-state index in [1.807, 2.05) is 37.3 Å². The Bertz CT molecular complexity index is 1380. The van der Waals surface area contributed by atoms with Gasteiger partial charge in [-0.25, -0.2) is 13.4 Å². The molecule has 0 radical (unpaired) electrons. The van der Waals surface area contributed by atoms with Crippen LogP contribution in [0.5, 0.6) is 0 Å². The second-order valence-electron chi connectivity index (χ2n) is 7.81. The van der Waals surface area contributed by atoms with E-state index < -0.39 is 15.3 Å². The van der Waals surface area contributed by atoms with Crippen molar-refractivity contribution in [1.82, 2.24) is 15.0 Å². The fourth-order valence-corrected chi connectivity index (χ4v) is 4.30. The molecular weight excluding hydrogens is 412 g/mol. The van der Waals surface area contributed by atoms with Gasteiger partial charge in [-0.15, -0.1) is 0 Å². The van der Waals surface area contributed by atoms with Gasteiger partial charge in [-0.05, 0) is 51.5 Å². The van der Waals surface area contributed by atoms with Crippen LogP contribution < -0.4 is 4.72 Å². The molecule has 0 saturated carbocycles. The maximum Gasteiger partial charge on any atom is 0.235 e. The highest BCUT2D eigenvalue weighted by Gasteiger charge is 2.23. The summed E-state index contributed by atoms with van der Waals surface area (Å²) in [5, 5.41) is -0.543. The lowest BCUT2D eigenvalue weighted by Gasteiger charge is -2.10. The molecule has 0 atom stereocenters. The first kappa shape index (κ1) is 20.9. The standard InChI is InChI=1S/C23H24N4O3S/c1-13(2)31(29,30)27-17-10-11-18-19(12-17)26-23(25-18)22-21(16-8-6-5-7-9-16)20(15(4)28)14(3)24-22/h5-13,24,27H,1-4H3,(H,25,26). The van der Waals surface area contributed by atoms with E-state index in [1.54, 1.807) is 39.0 Å². The number of benzene rings is 2. The van der Waals surface area contributed by atoms with Gasteiger partial charge in [-0.1, -0.05) is 30.3 Å². The van der Waals surface area contributed by atoms with Gasteiger partial charge in [0.05, 0.1) is 27.7 Å². The lowest BCUT2D eigenvalue weighted by atomic mass is 9.98. The lowest BCUT2D eigenvalue weighted by molar-refractivity contribution is 0.101. The fourth-order valence-electron chi connectivity index (χ4n) is 3.61. The third-order valence-electron chi connectivity index (χ3n) is 5.20. The van der Waals surface area contributed by atoms with Gasteiger partial charge in [0.25, 0.3) is 0 Å². The predicted molar refractivity (Wildman–Crippen MR) is 124 cm³/mol. The third-order valence-corrected chi connectivity index (χ3v) is 6.96. The molecule has 8 heteroatoms. The van der Waals surface area contributed by atoms with Crippen molar-refractivity contribution in [1.29, 1.82) is 0 Å². The molecule has 160 valence electrons. The van der Waals surface area contributed by atoms with Crippen LogP contribution in [-0.4, -0.2) is 34.4 Å². The number of ketones is 1. The number of rotatable bonds is 6. The molecular formula is C23H24N4O3S. The number of hydrogen-bond acceptors (Lipinski definition) is 4. The molecule has 4 aromatic rings. The monoisotopic (exact) mass is 436 g/mol. The normalized spacial score (nSPS) is 11.9.